The Hall–Kier alpha value is -0.670. The van der Waals surface area contributed by atoms with E-state index >= 15 is 0 Å². The van der Waals surface area contributed by atoms with Gasteiger partial charge in [-0.25, -0.2) is 0 Å². The van der Waals surface area contributed by atoms with Gasteiger partial charge in [0.15, 0.2) is 0 Å². The highest BCUT2D eigenvalue weighted by Crippen LogP contribution is 2.32. The molecule has 0 radical (unpaired) electrons. The fourth-order valence-corrected chi connectivity index (χ4v) is 3.03. The molecule has 0 saturated carbocycles. The molecule has 2 N–H and O–H groups in total. The van der Waals surface area contributed by atoms with E-state index < -0.39 is 0 Å². The first-order valence-electron chi connectivity index (χ1n) is 5.55. The van der Waals surface area contributed by atoms with E-state index in [1.807, 2.05) is 24.3 Å². The van der Waals surface area contributed by atoms with E-state index in [0.29, 0.717) is 11.6 Å². The number of hydrogen-bond donors (Lipinski definition) is 1. The van der Waals surface area contributed by atoms with Crippen LogP contribution in [0.15, 0.2) is 47.4 Å². The molecule has 0 heterocycles. The smallest absolute Gasteiger partial charge is 0.0543 e. The summed E-state index contributed by atoms with van der Waals surface area (Å²) < 4.78 is 0. The highest BCUT2D eigenvalue weighted by molar-refractivity contribution is 7.98. The molecule has 0 bridgehead atoms. The number of thioether (sulfide) groups is 1. The predicted octanol–water partition coefficient (Wildman–Crippen LogP) is 4.74. The molecule has 0 fully saturated rings. The zero-order chi connectivity index (χ0) is 13.0. The molecule has 0 amide bonds. The molecule has 2 aromatic carbocycles. The molecule has 18 heavy (non-hydrogen) atoms. The summed E-state index contributed by atoms with van der Waals surface area (Å²) >= 11 is 13.8. The Morgan fingerprint density at radius 1 is 1.00 bits per heavy atom. The lowest BCUT2D eigenvalue weighted by atomic mass is 10.1. The third-order valence-electron chi connectivity index (χ3n) is 2.51. The van der Waals surface area contributed by atoms with Crippen LogP contribution in [-0.2, 0) is 12.3 Å². The van der Waals surface area contributed by atoms with Crippen LogP contribution < -0.4 is 5.73 Å². The lowest BCUT2D eigenvalue weighted by molar-refractivity contribution is 1.06. The fraction of sp³-hybridized carbons (Fsp3) is 0.143. The summed E-state index contributed by atoms with van der Waals surface area (Å²) in [5.74, 6) is 0.855. The Labute approximate surface area is 121 Å². The standard InChI is InChI=1S/C14H13Cl2NS/c15-12-4-5-13(16)14(7-12)18-9-11-3-1-2-10(6-11)8-17/h1-7H,8-9,17H2. The number of nitrogens with two attached hydrogens (primary N) is 1. The van der Waals surface area contributed by atoms with Crippen LogP contribution in [0.1, 0.15) is 11.1 Å². The van der Waals surface area contributed by atoms with Crippen molar-refractivity contribution in [2.24, 2.45) is 5.73 Å². The molecule has 0 spiro atoms. The largest absolute Gasteiger partial charge is 0.326 e. The summed E-state index contributed by atoms with van der Waals surface area (Å²) in [7, 11) is 0. The molecule has 0 atom stereocenters. The van der Waals surface area contributed by atoms with Gasteiger partial charge in [0.05, 0.1) is 5.02 Å². The van der Waals surface area contributed by atoms with Crippen molar-refractivity contribution in [3.8, 4) is 0 Å². The van der Waals surface area contributed by atoms with Gasteiger partial charge in [0.1, 0.15) is 0 Å². The van der Waals surface area contributed by atoms with Crippen molar-refractivity contribution in [1.29, 1.82) is 0 Å². The molecule has 0 aliphatic carbocycles. The lowest BCUT2D eigenvalue weighted by Crippen LogP contribution is -1.96. The van der Waals surface area contributed by atoms with Crippen molar-refractivity contribution in [1.82, 2.24) is 0 Å². The molecular formula is C14H13Cl2NS. The quantitative estimate of drug-likeness (QED) is 0.825. The van der Waals surface area contributed by atoms with E-state index in [2.05, 4.69) is 12.1 Å². The van der Waals surface area contributed by atoms with E-state index in [4.69, 9.17) is 28.9 Å². The van der Waals surface area contributed by atoms with Crippen LogP contribution >= 0.6 is 35.0 Å². The van der Waals surface area contributed by atoms with Crippen LogP contribution in [0.25, 0.3) is 0 Å². The molecule has 0 saturated heterocycles. The number of halogens is 2. The van der Waals surface area contributed by atoms with Gasteiger partial charge in [0.25, 0.3) is 0 Å². The summed E-state index contributed by atoms with van der Waals surface area (Å²) in [6, 6.07) is 13.8. The van der Waals surface area contributed by atoms with Crippen LogP contribution in [0.5, 0.6) is 0 Å². The van der Waals surface area contributed by atoms with E-state index in [1.54, 1.807) is 17.8 Å². The highest BCUT2D eigenvalue weighted by atomic mass is 35.5. The van der Waals surface area contributed by atoms with Crippen LogP contribution in [0.2, 0.25) is 10.0 Å². The molecule has 2 aromatic rings. The summed E-state index contributed by atoms with van der Waals surface area (Å²) in [4.78, 5) is 1.00. The molecule has 94 valence electrons. The first-order chi connectivity index (χ1) is 8.69. The van der Waals surface area contributed by atoms with Crippen molar-refractivity contribution in [3.63, 3.8) is 0 Å². The highest BCUT2D eigenvalue weighted by Gasteiger charge is 2.03. The monoisotopic (exact) mass is 297 g/mol. The number of hydrogen-bond acceptors (Lipinski definition) is 2. The van der Waals surface area contributed by atoms with Crippen molar-refractivity contribution in [2.45, 2.75) is 17.2 Å². The molecule has 1 nitrogen and oxygen atoms in total. The van der Waals surface area contributed by atoms with Gasteiger partial charge in [-0.3, -0.25) is 0 Å². The van der Waals surface area contributed by atoms with E-state index in [0.717, 1.165) is 21.2 Å². The molecule has 2 rings (SSSR count). The summed E-state index contributed by atoms with van der Waals surface area (Å²) in [6.07, 6.45) is 0. The van der Waals surface area contributed by atoms with Gasteiger partial charge in [0.2, 0.25) is 0 Å². The maximum Gasteiger partial charge on any atom is 0.0543 e. The second-order valence-corrected chi connectivity index (χ2v) is 5.75. The van der Waals surface area contributed by atoms with Crippen LogP contribution in [0, 0.1) is 0 Å². The summed E-state index contributed by atoms with van der Waals surface area (Å²) in [5.41, 5.74) is 8.00. The van der Waals surface area contributed by atoms with Gasteiger partial charge in [-0.15, -0.1) is 11.8 Å². The second kappa shape index (κ2) is 6.48. The minimum Gasteiger partial charge on any atom is -0.326 e. The summed E-state index contributed by atoms with van der Waals surface area (Å²) in [6.45, 7) is 0.566. The number of benzene rings is 2. The summed E-state index contributed by atoms with van der Waals surface area (Å²) in [5, 5.41) is 1.44. The molecule has 0 unspecified atom stereocenters. The zero-order valence-corrected chi connectivity index (χ0v) is 12.0. The first kappa shape index (κ1) is 13.8. The molecular weight excluding hydrogens is 285 g/mol. The van der Waals surface area contributed by atoms with Crippen LogP contribution in [0.4, 0.5) is 0 Å². The van der Waals surface area contributed by atoms with Crippen molar-refractivity contribution in [3.05, 3.63) is 63.6 Å². The normalized spacial score (nSPS) is 10.6. The van der Waals surface area contributed by atoms with Gasteiger partial charge in [-0.2, -0.15) is 0 Å². The SMILES string of the molecule is NCc1cccc(CSc2cc(Cl)ccc2Cl)c1. The Kier molecular flexibility index (Phi) is 4.95. The zero-order valence-electron chi connectivity index (χ0n) is 9.70. The van der Waals surface area contributed by atoms with Crippen LogP contribution in [-0.4, -0.2) is 0 Å². The average Bonchev–Trinajstić information content (AvgIpc) is 2.40. The predicted molar refractivity (Wildman–Crippen MR) is 80.4 cm³/mol. The Bertz CT molecular complexity index is 543. The number of rotatable bonds is 4. The average molecular weight is 298 g/mol. The van der Waals surface area contributed by atoms with E-state index in [-0.39, 0.29) is 0 Å². The maximum absolute atomic E-state index is 6.12. The third kappa shape index (κ3) is 3.66. The van der Waals surface area contributed by atoms with Crippen molar-refractivity contribution < 1.29 is 0 Å². The van der Waals surface area contributed by atoms with Crippen LogP contribution in [0.3, 0.4) is 0 Å². The third-order valence-corrected chi connectivity index (χ3v) is 4.32. The van der Waals surface area contributed by atoms with Gasteiger partial charge >= 0.3 is 0 Å². The second-order valence-electron chi connectivity index (χ2n) is 3.89. The van der Waals surface area contributed by atoms with E-state index in [1.165, 1.54) is 5.56 Å². The Balaban J connectivity index is 2.08. The van der Waals surface area contributed by atoms with Crippen molar-refractivity contribution >= 4 is 35.0 Å². The molecule has 0 aromatic heterocycles. The van der Waals surface area contributed by atoms with Gasteiger partial charge < -0.3 is 5.73 Å². The fourth-order valence-electron chi connectivity index (χ4n) is 1.60. The Morgan fingerprint density at radius 3 is 2.56 bits per heavy atom. The lowest BCUT2D eigenvalue weighted by Gasteiger charge is -2.06. The van der Waals surface area contributed by atoms with Gasteiger partial charge in [-0.05, 0) is 29.3 Å². The first-order valence-corrected chi connectivity index (χ1v) is 7.29. The maximum atomic E-state index is 6.12. The van der Waals surface area contributed by atoms with Crippen molar-refractivity contribution in [2.75, 3.05) is 0 Å². The topological polar surface area (TPSA) is 26.0 Å². The van der Waals surface area contributed by atoms with E-state index in [9.17, 15) is 0 Å². The minimum absolute atomic E-state index is 0.566. The van der Waals surface area contributed by atoms with Gasteiger partial charge in [0, 0.05) is 22.2 Å². The molecule has 0 aliphatic rings. The molecule has 0 aliphatic heterocycles. The minimum atomic E-state index is 0.566. The molecule has 4 heteroatoms. The Morgan fingerprint density at radius 2 is 1.78 bits per heavy atom. The van der Waals surface area contributed by atoms with Gasteiger partial charge in [-0.1, -0.05) is 47.5 Å².